The van der Waals surface area contributed by atoms with Gasteiger partial charge in [-0.2, -0.15) is 0 Å². The molecule has 0 spiro atoms. The highest BCUT2D eigenvalue weighted by atomic mass is 16.4. The number of nitrogens with one attached hydrogen (secondary N) is 1. The zero-order chi connectivity index (χ0) is 19.6. The van der Waals surface area contributed by atoms with Crippen LogP contribution in [0.5, 0.6) is 0 Å². The van der Waals surface area contributed by atoms with Crippen molar-refractivity contribution in [3.8, 4) is 0 Å². The molecule has 1 atom stereocenters. The fraction of sp³-hybridized carbons (Fsp3) is 0.500. The summed E-state index contributed by atoms with van der Waals surface area (Å²) in [4.78, 5) is 41.6. The van der Waals surface area contributed by atoms with E-state index in [4.69, 9.17) is 0 Å². The van der Waals surface area contributed by atoms with Crippen molar-refractivity contribution in [3.05, 3.63) is 39.9 Å². The Morgan fingerprint density at radius 3 is 2.78 bits per heavy atom. The smallest absolute Gasteiger partial charge is 0.329 e. The van der Waals surface area contributed by atoms with Gasteiger partial charge in [0.2, 0.25) is 0 Å². The molecular formula is C20H25N3O4. The number of carboxylic acids is 1. The number of carboxylic acid groups (broad SMARTS) is 1. The van der Waals surface area contributed by atoms with Gasteiger partial charge >= 0.3 is 5.97 Å². The molecule has 0 radical (unpaired) electrons. The van der Waals surface area contributed by atoms with Gasteiger partial charge in [-0.1, -0.05) is 19.8 Å². The molecule has 27 heavy (non-hydrogen) atoms. The molecule has 0 saturated carbocycles. The van der Waals surface area contributed by atoms with E-state index >= 15 is 0 Å². The van der Waals surface area contributed by atoms with Crippen molar-refractivity contribution in [2.24, 2.45) is 0 Å². The van der Waals surface area contributed by atoms with Crippen LogP contribution in [-0.2, 0) is 17.8 Å². The van der Waals surface area contributed by atoms with Gasteiger partial charge in [-0.15, -0.1) is 0 Å². The molecule has 2 heterocycles. The second-order valence-corrected chi connectivity index (χ2v) is 7.37. The zero-order valence-corrected chi connectivity index (χ0v) is 15.7. The van der Waals surface area contributed by atoms with E-state index in [-0.39, 0.29) is 5.56 Å². The van der Waals surface area contributed by atoms with Gasteiger partial charge in [-0.05, 0) is 44.4 Å². The van der Waals surface area contributed by atoms with Crippen molar-refractivity contribution in [1.29, 1.82) is 0 Å². The van der Waals surface area contributed by atoms with Gasteiger partial charge < -0.3 is 10.4 Å². The minimum Gasteiger partial charge on any atom is -0.480 e. The fourth-order valence-corrected chi connectivity index (χ4v) is 3.61. The minimum atomic E-state index is -1.33. The minimum absolute atomic E-state index is 0.0785. The lowest BCUT2D eigenvalue weighted by Crippen LogP contribution is -2.52. The van der Waals surface area contributed by atoms with Crippen molar-refractivity contribution in [1.82, 2.24) is 14.9 Å². The maximum atomic E-state index is 12.8. The van der Waals surface area contributed by atoms with Gasteiger partial charge in [0.25, 0.3) is 11.5 Å². The Labute approximate surface area is 157 Å². The van der Waals surface area contributed by atoms with Crippen molar-refractivity contribution < 1.29 is 14.7 Å². The lowest BCUT2D eigenvalue weighted by atomic mass is 9.95. The van der Waals surface area contributed by atoms with Crippen LogP contribution in [0.4, 0.5) is 0 Å². The van der Waals surface area contributed by atoms with Crippen LogP contribution in [0.2, 0.25) is 0 Å². The first-order valence-electron chi connectivity index (χ1n) is 9.45. The molecular weight excluding hydrogens is 346 g/mol. The second kappa shape index (κ2) is 7.50. The maximum absolute atomic E-state index is 12.8. The number of aryl methyl sites for hydroxylation is 1. The van der Waals surface area contributed by atoms with E-state index in [2.05, 4.69) is 10.3 Å². The van der Waals surface area contributed by atoms with E-state index in [1.807, 2.05) is 6.92 Å². The Balaban J connectivity index is 1.98. The van der Waals surface area contributed by atoms with Crippen LogP contribution in [0.15, 0.2) is 23.0 Å². The topological polar surface area (TPSA) is 101 Å². The van der Waals surface area contributed by atoms with Gasteiger partial charge in [0, 0.05) is 18.5 Å². The molecule has 7 nitrogen and oxygen atoms in total. The second-order valence-electron chi connectivity index (χ2n) is 7.37. The number of fused-ring (bicyclic) bond motifs is 2. The number of aliphatic carboxylic acids is 1. The molecule has 1 unspecified atom stereocenters. The molecule has 0 bridgehead atoms. The molecule has 1 aromatic heterocycles. The molecule has 0 fully saturated rings. The Bertz CT molecular complexity index is 950. The van der Waals surface area contributed by atoms with E-state index in [9.17, 15) is 19.5 Å². The predicted molar refractivity (Wildman–Crippen MR) is 102 cm³/mol. The standard InChI is InChI=1S/C20H25N3O4/c1-3-10-20(2,19(26)27)22-17(24)13-8-9-14-15(12-13)21-16-7-5-4-6-11-23(16)18(14)25/h8-9,12H,3-7,10-11H2,1-2H3,(H,22,24)(H,26,27). The maximum Gasteiger partial charge on any atom is 0.329 e. The molecule has 1 aliphatic heterocycles. The van der Waals surface area contributed by atoms with Gasteiger partial charge in [0.1, 0.15) is 11.4 Å². The third-order valence-corrected chi connectivity index (χ3v) is 5.19. The first-order valence-corrected chi connectivity index (χ1v) is 9.45. The fourth-order valence-electron chi connectivity index (χ4n) is 3.61. The number of aromatic nitrogens is 2. The average Bonchev–Trinajstić information content (AvgIpc) is 2.87. The van der Waals surface area contributed by atoms with Crippen molar-refractivity contribution >= 4 is 22.8 Å². The van der Waals surface area contributed by atoms with E-state index in [1.165, 1.54) is 6.92 Å². The quantitative estimate of drug-likeness (QED) is 0.841. The molecule has 3 rings (SSSR count). The summed E-state index contributed by atoms with van der Waals surface area (Å²) in [5.74, 6) is -0.795. The van der Waals surface area contributed by atoms with Gasteiger partial charge in [0.05, 0.1) is 10.9 Å². The lowest BCUT2D eigenvalue weighted by Gasteiger charge is -2.25. The summed E-state index contributed by atoms with van der Waals surface area (Å²) in [6.45, 7) is 4.04. The van der Waals surface area contributed by atoms with Crippen LogP contribution in [0, 0.1) is 0 Å². The number of amides is 1. The summed E-state index contributed by atoms with van der Waals surface area (Å²) in [6.07, 6.45) is 4.73. The van der Waals surface area contributed by atoms with Gasteiger partial charge in [-0.3, -0.25) is 14.2 Å². The highest BCUT2D eigenvalue weighted by molar-refractivity contribution is 6.00. The number of nitrogens with zero attached hydrogens (tertiary/aromatic N) is 2. The summed E-state index contributed by atoms with van der Waals surface area (Å²) in [6, 6.07) is 4.74. The normalized spacial score (nSPS) is 16.2. The number of carbonyl (C=O) groups is 2. The highest BCUT2D eigenvalue weighted by Crippen LogP contribution is 2.18. The van der Waals surface area contributed by atoms with E-state index in [0.29, 0.717) is 35.9 Å². The molecule has 2 N–H and O–H groups in total. The van der Waals surface area contributed by atoms with E-state index in [1.54, 1.807) is 22.8 Å². The molecule has 7 heteroatoms. The SMILES string of the molecule is CCCC(C)(NC(=O)c1ccc2c(=O)n3c(nc2c1)CCCCC3)C(=O)O. The van der Waals surface area contributed by atoms with Crippen LogP contribution in [-0.4, -0.2) is 32.1 Å². The first-order chi connectivity index (χ1) is 12.9. The van der Waals surface area contributed by atoms with Crippen LogP contribution < -0.4 is 10.9 Å². The number of carbonyl (C=O) groups excluding carboxylic acids is 1. The number of hydrogen-bond donors (Lipinski definition) is 2. The first kappa shape index (κ1) is 19.1. The average molecular weight is 371 g/mol. The number of rotatable bonds is 5. The largest absolute Gasteiger partial charge is 0.480 e. The van der Waals surface area contributed by atoms with E-state index in [0.717, 1.165) is 31.5 Å². The third kappa shape index (κ3) is 3.72. The van der Waals surface area contributed by atoms with Crippen LogP contribution in [0.1, 0.15) is 62.1 Å². The molecule has 144 valence electrons. The molecule has 2 aromatic rings. The van der Waals surface area contributed by atoms with Crippen molar-refractivity contribution in [2.75, 3.05) is 0 Å². The molecule has 1 aromatic carbocycles. The summed E-state index contributed by atoms with van der Waals surface area (Å²) < 4.78 is 1.73. The third-order valence-electron chi connectivity index (χ3n) is 5.19. The summed E-state index contributed by atoms with van der Waals surface area (Å²) in [7, 11) is 0. The number of benzene rings is 1. The Morgan fingerprint density at radius 1 is 1.30 bits per heavy atom. The Hall–Kier alpha value is -2.70. The van der Waals surface area contributed by atoms with Crippen LogP contribution >= 0.6 is 0 Å². The monoisotopic (exact) mass is 371 g/mol. The molecule has 1 aliphatic rings. The van der Waals surface area contributed by atoms with Crippen molar-refractivity contribution in [3.63, 3.8) is 0 Å². The lowest BCUT2D eigenvalue weighted by molar-refractivity contribution is -0.144. The summed E-state index contributed by atoms with van der Waals surface area (Å²) in [5, 5.41) is 12.5. The van der Waals surface area contributed by atoms with Crippen molar-refractivity contribution in [2.45, 2.75) is 64.5 Å². The van der Waals surface area contributed by atoms with Gasteiger partial charge in [-0.25, -0.2) is 9.78 Å². The Kier molecular flexibility index (Phi) is 5.30. The zero-order valence-electron chi connectivity index (χ0n) is 15.7. The van der Waals surface area contributed by atoms with Crippen LogP contribution in [0.25, 0.3) is 10.9 Å². The predicted octanol–water partition coefficient (Wildman–Crippen LogP) is 2.50. The van der Waals surface area contributed by atoms with Crippen LogP contribution in [0.3, 0.4) is 0 Å². The van der Waals surface area contributed by atoms with Gasteiger partial charge in [0.15, 0.2) is 0 Å². The Morgan fingerprint density at radius 2 is 2.07 bits per heavy atom. The molecule has 1 amide bonds. The number of hydrogen-bond acceptors (Lipinski definition) is 4. The molecule has 0 aliphatic carbocycles. The highest BCUT2D eigenvalue weighted by Gasteiger charge is 2.34. The molecule has 0 saturated heterocycles. The summed E-state index contributed by atoms with van der Waals surface area (Å²) >= 11 is 0. The van der Waals surface area contributed by atoms with E-state index < -0.39 is 17.4 Å². The summed E-state index contributed by atoms with van der Waals surface area (Å²) in [5.41, 5.74) is -0.628.